The largest absolute Gasteiger partial charge is 0.488 e. The van der Waals surface area contributed by atoms with Crippen LogP contribution in [-0.4, -0.2) is 31.6 Å². The van der Waals surface area contributed by atoms with E-state index in [1.54, 1.807) is 6.92 Å². The minimum atomic E-state index is -4.13. The van der Waals surface area contributed by atoms with Gasteiger partial charge < -0.3 is 9.47 Å². The molecule has 96 valence electrons. The van der Waals surface area contributed by atoms with Gasteiger partial charge in [-0.25, -0.2) is 4.39 Å². The third-order valence-corrected chi connectivity index (χ3v) is 2.20. The topological polar surface area (TPSA) is 72.8 Å². The first-order valence-electron chi connectivity index (χ1n) is 4.82. The Hall–Kier alpha value is -1.18. The maximum atomic E-state index is 12.6. The molecular weight excluding hydrogens is 251 g/mol. The van der Waals surface area contributed by atoms with Crippen LogP contribution in [0.3, 0.4) is 0 Å². The summed E-state index contributed by atoms with van der Waals surface area (Å²) in [7, 11) is -4.13. The van der Waals surface area contributed by atoms with Crippen molar-refractivity contribution < 1.29 is 26.8 Å². The van der Waals surface area contributed by atoms with E-state index in [4.69, 9.17) is 14.0 Å². The second kappa shape index (κ2) is 5.95. The van der Waals surface area contributed by atoms with Gasteiger partial charge in [0.25, 0.3) is 10.1 Å². The van der Waals surface area contributed by atoms with Crippen molar-refractivity contribution in [3.05, 3.63) is 30.1 Å². The number of benzene rings is 1. The molecule has 0 aliphatic rings. The van der Waals surface area contributed by atoms with Crippen LogP contribution in [0, 0.1) is 5.82 Å². The smallest absolute Gasteiger partial charge is 0.289 e. The van der Waals surface area contributed by atoms with Gasteiger partial charge in [-0.15, -0.1) is 0 Å². The fourth-order valence-corrected chi connectivity index (χ4v) is 1.41. The van der Waals surface area contributed by atoms with E-state index >= 15 is 0 Å². The lowest BCUT2D eigenvalue weighted by atomic mass is 10.3. The zero-order chi connectivity index (χ0) is 12.9. The van der Waals surface area contributed by atoms with Crippen LogP contribution in [0.1, 0.15) is 6.92 Å². The molecule has 0 fully saturated rings. The van der Waals surface area contributed by atoms with Crippen molar-refractivity contribution in [1.29, 1.82) is 0 Å². The predicted octanol–water partition coefficient (Wildman–Crippen LogP) is 1.45. The summed E-state index contributed by atoms with van der Waals surface area (Å²) in [5, 5.41) is 0. The van der Waals surface area contributed by atoms with Crippen molar-refractivity contribution in [2.45, 2.75) is 13.0 Å². The van der Waals surface area contributed by atoms with Crippen molar-refractivity contribution in [3.63, 3.8) is 0 Å². The normalized spacial score (nSPS) is 13.4. The third-order valence-electron chi connectivity index (χ3n) is 1.74. The van der Waals surface area contributed by atoms with Crippen LogP contribution in [0.25, 0.3) is 0 Å². The monoisotopic (exact) mass is 264 g/mol. The van der Waals surface area contributed by atoms with Gasteiger partial charge in [0.2, 0.25) is 0 Å². The molecule has 0 saturated carbocycles. The van der Waals surface area contributed by atoms with Gasteiger partial charge in [-0.3, -0.25) is 4.55 Å². The van der Waals surface area contributed by atoms with Crippen LogP contribution >= 0.6 is 0 Å². The van der Waals surface area contributed by atoms with Crippen LogP contribution in [0.5, 0.6) is 5.75 Å². The van der Waals surface area contributed by atoms with Crippen LogP contribution < -0.4 is 4.74 Å². The lowest BCUT2D eigenvalue weighted by Gasteiger charge is -2.14. The first kappa shape index (κ1) is 13.9. The van der Waals surface area contributed by atoms with Gasteiger partial charge >= 0.3 is 0 Å². The van der Waals surface area contributed by atoms with Crippen molar-refractivity contribution in [2.24, 2.45) is 0 Å². The van der Waals surface area contributed by atoms with Crippen molar-refractivity contribution in [1.82, 2.24) is 0 Å². The van der Waals surface area contributed by atoms with Gasteiger partial charge in [0.05, 0.1) is 6.61 Å². The van der Waals surface area contributed by atoms with E-state index < -0.39 is 22.2 Å². The Morgan fingerprint density at radius 2 is 1.94 bits per heavy atom. The van der Waals surface area contributed by atoms with Crippen LogP contribution in [0.15, 0.2) is 24.3 Å². The van der Waals surface area contributed by atoms with E-state index in [9.17, 15) is 12.8 Å². The summed E-state index contributed by atoms with van der Waals surface area (Å²) >= 11 is 0. The number of halogens is 1. The lowest BCUT2D eigenvalue weighted by molar-refractivity contribution is 0.0793. The first-order chi connectivity index (χ1) is 7.87. The molecule has 1 N–H and O–H groups in total. The van der Waals surface area contributed by atoms with Gasteiger partial charge in [0.1, 0.15) is 17.7 Å². The van der Waals surface area contributed by atoms with Gasteiger partial charge in [0.15, 0.2) is 5.94 Å². The average Bonchev–Trinajstić information content (AvgIpc) is 2.19. The maximum Gasteiger partial charge on any atom is 0.289 e. The molecule has 1 aromatic carbocycles. The van der Waals surface area contributed by atoms with Gasteiger partial charge in [-0.2, -0.15) is 8.42 Å². The highest BCUT2D eigenvalue weighted by Gasteiger charge is 2.08. The standard InChI is InChI=1S/C10H13FO5S/c1-8(6-15-7-17(12,13)14)16-10-4-2-9(11)3-5-10/h2-5,8H,6-7H2,1H3,(H,12,13,14). The summed E-state index contributed by atoms with van der Waals surface area (Å²) in [4.78, 5) is 0. The van der Waals surface area contributed by atoms with Crippen molar-refractivity contribution in [3.8, 4) is 5.75 Å². The summed E-state index contributed by atoms with van der Waals surface area (Å²) < 4.78 is 51.7. The fourth-order valence-electron chi connectivity index (χ4n) is 1.10. The summed E-state index contributed by atoms with van der Waals surface area (Å²) in [5.74, 6) is -0.689. The minimum Gasteiger partial charge on any atom is -0.488 e. The fraction of sp³-hybridized carbons (Fsp3) is 0.400. The molecule has 17 heavy (non-hydrogen) atoms. The zero-order valence-corrected chi connectivity index (χ0v) is 9.98. The molecule has 1 unspecified atom stereocenters. The van der Waals surface area contributed by atoms with E-state index in [0.29, 0.717) is 5.75 Å². The molecule has 5 nitrogen and oxygen atoms in total. The Morgan fingerprint density at radius 3 is 2.47 bits per heavy atom. The molecule has 0 saturated heterocycles. The molecule has 7 heteroatoms. The molecule has 0 aliphatic heterocycles. The van der Waals surface area contributed by atoms with Crippen LogP contribution in [-0.2, 0) is 14.9 Å². The number of hydrogen-bond acceptors (Lipinski definition) is 4. The summed E-state index contributed by atoms with van der Waals surface area (Å²) in [6.45, 7) is 1.66. The second-order valence-corrected chi connectivity index (χ2v) is 4.85. The molecule has 0 bridgehead atoms. The third kappa shape index (κ3) is 6.20. The molecule has 0 radical (unpaired) electrons. The summed E-state index contributed by atoms with van der Waals surface area (Å²) in [5.41, 5.74) is 0. The first-order valence-corrected chi connectivity index (χ1v) is 6.43. The molecule has 1 aromatic rings. The Balaban J connectivity index is 2.34. The Morgan fingerprint density at radius 1 is 1.35 bits per heavy atom. The molecule has 0 amide bonds. The Labute approximate surface area is 98.9 Å². The van der Waals surface area contributed by atoms with E-state index in [0.717, 1.165) is 0 Å². The minimum absolute atomic E-state index is 0.00281. The molecule has 1 rings (SSSR count). The van der Waals surface area contributed by atoms with Crippen LogP contribution in [0.2, 0.25) is 0 Å². The highest BCUT2D eigenvalue weighted by molar-refractivity contribution is 7.85. The highest BCUT2D eigenvalue weighted by Crippen LogP contribution is 2.13. The van der Waals surface area contributed by atoms with E-state index in [2.05, 4.69) is 0 Å². The van der Waals surface area contributed by atoms with Crippen molar-refractivity contribution in [2.75, 3.05) is 12.5 Å². The quantitative estimate of drug-likeness (QED) is 0.787. The Kier molecular flexibility index (Phi) is 4.86. The number of hydrogen-bond donors (Lipinski definition) is 1. The molecule has 1 atom stereocenters. The summed E-state index contributed by atoms with van der Waals surface area (Å²) in [6.07, 6.45) is -0.415. The van der Waals surface area contributed by atoms with E-state index in [1.807, 2.05) is 0 Å². The van der Waals surface area contributed by atoms with Gasteiger partial charge in [-0.1, -0.05) is 0 Å². The number of ether oxygens (including phenoxy) is 2. The maximum absolute atomic E-state index is 12.6. The van der Waals surface area contributed by atoms with Gasteiger partial charge in [0, 0.05) is 0 Å². The second-order valence-electron chi connectivity index (χ2n) is 3.45. The SMILES string of the molecule is CC(COCS(=O)(=O)O)Oc1ccc(F)cc1. The van der Waals surface area contributed by atoms with Crippen LogP contribution in [0.4, 0.5) is 4.39 Å². The molecule has 0 aromatic heterocycles. The van der Waals surface area contributed by atoms with E-state index in [1.165, 1.54) is 24.3 Å². The highest BCUT2D eigenvalue weighted by atomic mass is 32.2. The molecule has 0 spiro atoms. The van der Waals surface area contributed by atoms with Gasteiger partial charge in [-0.05, 0) is 31.2 Å². The lowest BCUT2D eigenvalue weighted by Crippen LogP contribution is -2.21. The molecule has 0 aliphatic carbocycles. The average molecular weight is 264 g/mol. The molecule has 0 heterocycles. The Bertz CT molecular complexity index is 442. The summed E-state index contributed by atoms with van der Waals surface area (Å²) in [6, 6.07) is 5.41. The van der Waals surface area contributed by atoms with E-state index in [-0.39, 0.29) is 12.4 Å². The zero-order valence-electron chi connectivity index (χ0n) is 9.17. The molecular formula is C10H13FO5S. The predicted molar refractivity (Wildman–Crippen MR) is 58.9 cm³/mol. The van der Waals surface area contributed by atoms with Crippen molar-refractivity contribution >= 4 is 10.1 Å². The number of rotatable bonds is 6.